The molecule has 5 nitrogen and oxygen atoms in total. The fraction of sp³-hybridized carbons (Fsp3) is 0.333. The van der Waals surface area contributed by atoms with Crippen molar-refractivity contribution < 1.29 is 14.7 Å². The number of carboxylic acid groups (broad SMARTS) is 1. The highest BCUT2D eigenvalue weighted by Crippen LogP contribution is 2.19. The van der Waals surface area contributed by atoms with Gasteiger partial charge in [-0.2, -0.15) is 11.8 Å². The van der Waals surface area contributed by atoms with E-state index in [1.54, 1.807) is 11.8 Å². The Labute approximate surface area is 120 Å². The van der Waals surface area contributed by atoms with Gasteiger partial charge in [-0.25, -0.2) is 9.59 Å². The smallest absolute Gasteiger partial charge is 0.335 e. The molecule has 0 saturated heterocycles. The second-order valence-corrected chi connectivity index (χ2v) is 5.18. The lowest BCUT2D eigenvalue weighted by atomic mass is 10.2. The Bertz CT molecular complexity index is 468. The molecule has 0 spiro atoms. The molecule has 0 radical (unpaired) electrons. The summed E-state index contributed by atoms with van der Waals surface area (Å²) in [4.78, 5) is 22.4. The predicted molar refractivity (Wildman–Crippen MR) is 78.4 cm³/mol. The van der Waals surface area contributed by atoms with Crippen LogP contribution in [0.15, 0.2) is 18.2 Å². The van der Waals surface area contributed by atoms with Gasteiger partial charge in [0.25, 0.3) is 0 Å². The Balaban J connectivity index is 2.56. The topological polar surface area (TPSA) is 78.4 Å². The molecule has 3 N–H and O–H groups in total. The van der Waals surface area contributed by atoms with Gasteiger partial charge in [0.15, 0.2) is 0 Å². The first-order valence-corrected chi connectivity index (χ1v) is 7.38. The van der Waals surface area contributed by atoms with E-state index in [0.717, 1.165) is 12.2 Å². The third-order valence-corrected chi connectivity index (χ3v) is 3.13. The summed E-state index contributed by atoms with van der Waals surface area (Å²) in [7, 11) is 0. The van der Waals surface area contributed by atoms with Crippen LogP contribution in [-0.4, -0.2) is 35.7 Å². The summed E-state index contributed by atoms with van der Waals surface area (Å²) in [6.45, 7) is 0.568. The van der Waals surface area contributed by atoms with Gasteiger partial charge in [0.05, 0.1) is 5.56 Å². The van der Waals surface area contributed by atoms with Crippen molar-refractivity contribution in [1.29, 1.82) is 0 Å². The van der Waals surface area contributed by atoms with Crippen molar-refractivity contribution in [3.05, 3.63) is 28.8 Å². The van der Waals surface area contributed by atoms with Crippen LogP contribution in [0.3, 0.4) is 0 Å². The average Bonchev–Trinajstić information content (AvgIpc) is 2.34. The highest BCUT2D eigenvalue weighted by Gasteiger charge is 2.08. The molecular formula is C12H15ClN2O3S. The Morgan fingerprint density at radius 2 is 2.11 bits per heavy atom. The van der Waals surface area contributed by atoms with Crippen molar-refractivity contribution in [2.24, 2.45) is 0 Å². The van der Waals surface area contributed by atoms with Gasteiger partial charge in [-0.15, -0.1) is 0 Å². The Morgan fingerprint density at radius 1 is 1.37 bits per heavy atom. The first-order chi connectivity index (χ1) is 9.02. The largest absolute Gasteiger partial charge is 0.478 e. The second kappa shape index (κ2) is 7.91. The molecule has 1 aromatic rings. The summed E-state index contributed by atoms with van der Waals surface area (Å²) in [5.41, 5.74) is 0.387. The maximum absolute atomic E-state index is 11.5. The summed E-state index contributed by atoms with van der Waals surface area (Å²) in [6, 6.07) is 3.80. The zero-order chi connectivity index (χ0) is 14.3. The summed E-state index contributed by atoms with van der Waals surface area (Å²) >= 11 is 7.50. The molecule has 1 aromatic carbocycles. The molecule has 0 unspecified atom stereocenters. The molecule has 0 heterocycles. The average molecular weight is 303 g/mol. The van der Waals surface area contributed by atoms with E-state index in [0.29, 0.717) is 12.2 Å². The van der Waals surface area contributed by atoms with E-state index in [-0.39, 0.29) is 16.6 Å². The van der Waals surface area contributed by atoms with Gasteiger partial charge in [0.2, 0.25) is 0 Å². The van der Waals surface area contributed by atoms with E-state index in [2.05, 4.69) is 10.6 Å². The van der Waals surface area contributed by atoms with E-state index >= 15 is 0 Å². The number of amides is 2. The number of benzene rings is 1. The molecule has 0 bridgehead atoms. The molecule has 2 amide bonds. The van der Waals surface area contributed by atoms with E-state index in [9.17, 15) is 9.59 Å². The number of urea groups is 1. The Hall–Kier alpha value is -1.40. The predicted octanol–water partition coefficient (Wildman–Crippen LogP) is 2.91. The zero-order valence-corrected chi connectivity index (χ0v) is 12.0. The fourth-order valence-electron chi connectivity index (χ4n) is 1.38. The number of carbonyl (C=O) groups is 2. The standard InChI is InChI=1S/C12H15ClN2O3S/c1-19-4-2-3-14-12(18)15-10-6-8(11(16)17)5-9(13)7-10/h5-7H,2-4H2,1H3,(H,16,17)(H2,14,15,18). The molecule has 0 aliphatic carbocycles. The van der Waals surface area contributed by atoms with Crippen molar-refractivity contribution in [3.8, 4) is 0 Å². The van der Waals surface area contributed by atoms with Gasteiger partial charge in [0.1, 0.15) is 0 Å². The van der Waals surface area contributed by atoms with Gasteiger partial charge < -0.3 is 15.7 Å². The van der Waals surface area contributed by atoms with Crippen molar-refractivity contribution in [2.75, 3.05) is 23.9 Å². The highest BCUT2D eigenvalue weighted by molar-refractivity contribution is 7.98. The van der Waals surface area contributed by atoms with Crippen LogP contribution in [-0.2, 0) is 0 Å². The molecule has 0 aliphatic heterocycles. The van der Waals surface area contributed by atoms with E-state index in [1.165, 1.54) is 18.2 Å². The minimum atomic E-state index is -1.09. The zero-order valence-electron chi connectivity index (χ0n) is 10.4. The lowest BCUT2D eigenvalue weighted by Crippen LogP contribution is -2.29. The number of hydrogen-bond donors (Lipinski definition) is 3. The summed E-state index contributed by atoms with van der Waals surface area (Å²) in [6.07, 6.45) is 2.88. The monoisotopic (exact) mass is 302 g/mol. The maximum atomic E-state index is 11.5. The van der Waals surface area contributed by atoms with Gasteiger partial charge in [0, 0.05) is 17.3 Å². The quantitative estimate of drug-likeness (QED) is 0.706. The third kappa shape index (κ3) is 5.85. The Kier molecular flexibility index (Phi) is 6.52. The van der Waals surface area contributed by atoms with Gasteiger partial charge in [-0.3, -0.25) is 0 Å². The minimum absolute atomic E-state index is 0.0326. The van der Waals surface area contributed by atoms with Crippen LogP contribution in [0.5, 0.6) is 0 Å². The number of aromatic carboxylic acids is 1. The SMILES string of the molecule is CSCCCNC(=O)Nc1cc(Cl)cc(C(=O)O)c1. The molecule has 0 atom stereocenters. The van der Waals surface area contributed by atoms with Crippen molar-refractivity contribution in [2.45, 2.75) is 6.42 Å². The van der Waals surface area contributed by atoms with Crippen LogP contribution >= 0.6 is 23.4 Å². The van der Waals surface area contributed by atoms with Gasteiger partial charge in [-0.1, -0.05) is 11.6 Å². The van der Waals surface area contributed by atoms with Crippen LogP contribution in [0, 0.1) is 0 Å². The highest BCUT2D eigenvalue weighted by atomic mass is 35.5. The molecule has 104 valence electrons. The van der Waals surface area contributed by atoms with Crippen molar-refractivity contribution in [3.63, 3.8) is 0 Å². The summed E-state index contributed by atoms with van der Waals surface area (Å²) < 4.78 is 0. The maximum Gasteiger partial charge on any atom is 0.335 e. The number of hydrogen-bond acceptors (Lipinski definition) is 3. The fourth-order valence-corrected chi connectivity index (χ4v) is 2.05. The normalized spacial score (nSPS) is 10.0. The second-order valence-electron chi connectivity index (χ2n) is 3.76. The third-order valence-electron chi connectivity index (χ3n) is 2.21. The van der Waals surface area contributed by atoms with E-state index < -0.39 is 5.97 Å². The van der Waals surface area contributed by atoms with Crippen molar-refractivity contribution in [1.82, 2.24) is 5.32 Å². The van der Waals surface area contributed by atoms with E-state index in [4.69, 9.17) is 16.7 Å². The molecule has 7 heteroatoms. The molecule has 0 aromatic heterocycles. The van der Waals surface area contributed by atoms with E-state index in [1.807, 2.05) is 6.26 Å². The van der Waals surface area contributed by atoms with Gasteiger partial charge >= 0.3 is 12.0 Å². The molecule has 0 fully saturated rings. The van der Waals surface area contributed by atoms with Crippen molar-refractivity contribution >= 4 is 41.1 Å². The molecule has 1 rings (SSSR count). The number of carbonyl (C=O) groups excluding carboxylic acids is 1. The molecule has 0 aliphatic rings. The Morgan fingerprint density at radius 3 is 2.74 bits per heavy atom. The number of anilines is 1. The first kappa shape index (κ1) is 15.7. The van der Waals surface area contributed by atoms with Crippen LogP contribution < -0.4 is 10.6 Å². The lowest BCUT2D eigenvalue weighted by molar-refractivity contribution is 0.0697. The number of rotatable bonds is 6. The molecule has 19 heavy (non-hydrogen) atoms. The van der Waals surface area contributed by atoms with Crippen LogP contribution in [0.2, 0.25) is 5.02 Å². The number of thioether (sulfide) groups is 1. The summed E-state index contributed by atoms with van der Waals surface area (Å²) in [5.74, 6) is -0.119. The minimum Gasteiger partial charge on any atom is -0.478 e. The summed E-state index contributed by atoms with van der Waals surface area (Å²) in [5, 5.41) is 14.4. The number of halogens is 1. The number of nitrogens with one attached hydrogen (secondary N) is 2. The molecular weight excluding hydrogens is 288 g/mol. The van der Waals surface area contributed by atoms with Crippen LogP contribution in [0.1, 0.15) is 16.8 Å². The number of carboxylic acids is 1. The lowest BCUT2D eigenvalue weighted by Gasteiger charge is -2.08. The first-order valence-electron chi connectivity index (χ1n) is 5.60. The van der Waals surface area contributed by atoms with Crippen LogP contribution in [0.25, 0.3) is 0 Å². The molecule has 0 saturated carbocycles. The van der Waals surface area contributed by atoms with Crippen LogP contribution in [0.4, 0.5) is 10.5 Å². The van der Waals surface area contributed by atoms with Gasteiger partial charge in [-0.05, 0) is 36.6 Å².